The standard InChI is InChI=1S/C21H22N4O5S/c1-29-18-4-2-3-16(13-18)14-20(26)24-9-11-25(12-10-24)31(27,28)19-15-23-30-21(19)17-5-7-22-8-6-17/h2-8,13,15H,9-12,14H2,1H3. The number of piperazine rings is 1. The number of carbonyl (C=O) groups excluding carboxylic acids is 1. The van der Waals surface area contributed by atoms with Gasteiger partial charge in [0, 0.05) is 44.1 Å². The molecule has 162 valence electrons. The zero-order valence-corrected chi connectivity index (χ0v) is 17.8. The van der Waals surface area contributed by atoms with Crippen molar-refractivity contribution in [3.05, 3.63) is 60.6 Å². The summed E-state index contributed by atoms with van der Waals surface area (Å²) in [5, 5.41) is 3.69. The Morgan fingerprint density at radius 3 is 2.58 bits per heavy atom. The molecular weight excluding hydrogens is 420 g/mol. The number of benzene rings is 1. The van der Waals surface area contributed by atoms with Crippen LogP contribution in [0.5, 0.6) is 5.75 Å². The summed E-state index contributed by atoms with van der Waals surface area (Å²) in [4.78, 5) is 18.3. The highest BCUT2D eigenvalue weighted by Crippen LogP contribution is 2.29. The van der Waals surface area contributed by atoms with Gasteiger partial charge in [0.15, 0.2) is 5.76 Å². The Labute approximate surface area is 180 Å². The molecule has 1 aliphatic heterocycles. The highest BCUT2D eigenvalue weighted by molar-refractivity contribution is 7.89. The second-order valence-corrected chi connectivity index (χ2v) is 8.97. The molecule has 1 fully saturated rings. The molecule has 4 rings (SSSR count). The third-order valence-electron chi connectivity index (χ3n) is 5.18. The minimum Gasteiger partial charge on any atom is -0.497 e. The van der Waals surface area contributed by atoms with Gasteiger partial charge in [-0.05, 0) is 29.8 Å². The van der Waals surface area contributed by atoms with Crippen LogP contribution in [-0.2, 0) is 21.2 Å². The van der Waals surface area contributed by atoms with Crippen LogP contribution in [0.3, 0.4) is 0 Å². The molecule has 0 bridgehead atoms. The predicted octanol–water partition coefficient (Wildman–Crippen LogP) is 1.82. The molecule has 3 heterocycles. The molecule has 10 heteroatoms. The van der Waals surface area contributed by atoms with Crippen LogP contribution in [0.2, 0.25) is 0 Å². The first kappa shape index (κ1) is 21.0. The number of nitrogens with zero attached hydrogens (tertiary/aromatic N) is 4. The Hall–Kier alpha value is -3.24. The van der Waals surface area contributed by atoms with E-state index in [9.17, 15) is 13.2 Å². The van der Waals surface area contributed by atoms with Gasteiger partial charge in [-0.25, -0.2) is 8.42 Å². The average Bonchev–Trinajstić information content (AvgIpc) is 3.31. The number of hydrogen-bond acceptors (Lipinski definition) is 7. The van der Waals surface area contributed by atoms with Crippen molar-refractivity contribution in [1.29, 1.82) is 0 Å². The number of methoxy groups -OCH3 is 1. The molecule has 1 amide bonds. The smallest absolute Gasteiger partial charge is 0.248 e. The third kappa shape index (κ3) is 4.44. The summed E-state index contributed by atoms with van der Waals surface area (Å²) < 4.78 is 38.1. The minimum absolute atomic E-state index is 0.00913. The van der Waals surface area contributed by atoms with Crippen molar-refractivity contribution in [2.24, 2.45) is 0 Å². The van der Waals surface area contributed by atoms with Gasteiger partial charge in [0.25, 0.3) is 0 Å². The van der Waals surface area contributed by atoms with Crippen LogP contribution in [0, 0.1) is 0 Å². The number of carbonyl (C=O) groups is 1. The van der Waals surface area contributed by atoms with Crippen molar-refractivity contribution in [2.75, 3.05) is 33.3 Å². The fourth-order valence-electron chi connectivity index (χ4n) is 3.50. The fourth-order valence-corrected chi connectivity index (χ4v) is 4.99. The Morgan fingerprint density at radius 2 is 1.87 bits per heavy atom. The number of amides is 1. The largest absolute Gasteiger partial charge is 0.497 e. The molecule has 0 aliphatic carbocycles. The van der Waals surface area contributed by atoms with Gasteiger partial charge in [-0.1, -0.05) is 17.3 Å². The topological polar surface area (TPSA) is 106 Å². The molecule has 9 nitrogen and oxygen atoms in total. The van der Waals surface area contributed by atoms with Crippen LogP contribution in [0.25, 0.3) is 11.3 Å². The summed E-state index contributed by atoms with van der Waals surface area (Å²) in [6, 6.07) is 10.7. The molecule has 2 aromatic heterocycles. The van der Waals surface area contributed by atoms with Gasteiger partial charge in [-0.2, -0.15) is 4.31 Å². The molecule has 3 aromatic rings. The third-order valence-corrected chi connectivity index (χ3v) is 7.07. The van der Waals surface area contributed by atoms with Crippen LogP contribution in [0.1, 0.15) is 5.56 Å². The Bertz CT molecular complexity index is 1160. The summed E-state index contributed by atoms with van der Waals surface area (Å²) in [7, 11) is -2.23. The Morgan fingerprint density at radius 1 is 1.13 bits per heavy atom. The second kappa shape index (κ2) is 8.86. The van der Waals surface area contributed by atoms with Crippen LogP contribution >= 0.6 is 0 Å². The van der Waals surface area contributed by atoms with E-state index in [0.717, 1.165) is 5.56 Å². The van der Waals surface area contributed by atoms with Crippen LogP contribution in [-0.4, -0.2) is 67.0 Å². The van der Waals surface area contributed by atoms with E-state index in [1.807, 2.05) is 24.3 Å². The van der Waals surface area contributed by atoms with Crippen molar-refractivity contribution >= 4 is 15.9 Å². The highest BCUT2D eigenvalue weighted by Gasteiger charge is 2.33. The summed E-state index contributed by atoms with van der Waals surface area (Å²) in [6.45, 7) is 1.04. The van der Waals surface area contributed by atoms with Crippen molar-refractivity contribution in [1.82, 2.24) is 19.3 Å². The summed E-state index contributed by atoms with van der Waals surface area (Å²) in [6.07, 6.45) is 4.56. The van der Waals surface area contributed by atoms with Gasteiger partial charge < -0.3 is 14.2 Å². The average molecular weight is 442 g/mol. The number of hydrogen-bond donors (Lipinski definition) is 0. The summed E-state index contributed by atoms with van der Waals surface area (Å²) in [5.74, 6) is 0.826. The molecule has 0 N–H and O–H groups in total. The monoisotopic (exact) mass is 442 g/mol. The number of ether oxygens (including phenoxy) is 1. The molecule has 0 saturated carbocycles. The molecule has 0 spiro atoms. The lowest BCUT2D eigenvalue weighted by molar-refractivity contribution is -0.131. The van der Waals surface area contributed by atoms with Crippen LogP contribution in [0.4, 0.5) is 0 Å². The highest BCUT2D eigenvalue weighted by atomic mass is 32.2. The maximum absolute atomic E-state index is 13.2. The van der Waals surface area contributed by atoms with Crippen LogP contribution in [0.15, 0.2) is 64.4 Å². The van der Waals surface area contributed by atoms with E-state index >= 15 is 0 Å². The Balaban J connectivity index is 1.43. The second-order valence-electron chi connectivity index (χ2n) is 7.07. The van der Waals surface area contributed by atoms with Crippen molar-refractivity contribution in [2.45, 2.75) is 11.3 Å². The molecule has 31 heavy (non-hydrogen) atoms. The minimum atomic E-state index is -3.81. The SMILES string of the molecule is COc1cccc(CC(=O)N2CCN(S(=O)(=O)c3cnoc3-c3ccncc3)CC2)c1. The summed E-state index contributed by atoms with van der Waals surface area (Å²) in [5.41, 5.74) is 1.43. The van der Waals surface area contributed by atoms with Crippen molar-refractivity contribution in [3.8, 4) is 17.1 Å². The maximum Gasteiger partial charge on any atom is 0.248 e. The predicted molar refractivity (Wildman–Crippen MR) is 112 cm³/mol. The van der Waals surface area contributed by atoms with Gasteiger partial charge in [0.2, 0.25) is 15.9 Å². The Kier molecular flexibility index (Phi) is 6.01. The lowest BCUT2D eigenvalue weighted by atomic mass is 10.1. The van der Waals surface area contributed by atoms with E-state index in [4.69, 9.17) is 9.26 Å². The van der Waals surface area contributed by atoms with E-state index in [-0.39, 0.29) is 36.1 Å². The van der Waals surface area contributed by atoms with Gasteiger partial charge in [-0.15, -0.1) is 0 Å². The number of pyridine rings is 1. The molecule has 1 aromatic carbocycles. The number of rotatable bonds is 6. The zero-order chi connectivity index (χ0) is 21.8. The van der Waals surface area contributed by atoms with E-state index in [0.29, 0.717) is 24.4 Å². The molecule has 0 radical (unpaired) electrons. The molecular formula is C21H22N4O5S. The number of sulfonamides is 1. The lowest BCUT2D eigenvalue weighted by Gasteiger charge is -2.34. The quantitative estimate of drug-likeness (QED) is 0.573. The zero-order valence-electron chi connectivity index (χ0n) is 17.0. The summed E-state index contributed by atoms with van der Waals surface area (Å²) >= 11 is 0. The van der Waals surface area contributed by atoms with Gasteiger partial charge in [-0.3, -0.25) is 9.78 Å². The normalized spacial score (nSPS) is 15.1. The lowest BCUT2D eigenvalue weighted by Crippen LogP contribution is -2.50. The fraction of sp³-hybridized carbons (Fsp3) is 0.286. The maximum atomic E-state index is 13.2. The number of aromatic nitrogens is 2. The van der Waals surface area contributed by atoms with Crippen molar-refractivity contribution in [3.63, 3.8) is 0 Å². The van der Waals surface area contributed by atoms with E-state index in [2.05, 4.69) is 10.1 Å². The van der Waals surface area contributed by atoms with Gasteiger partial charge in [0.1, 0.15) is 10.6 Å². The molecule has 1 saturated heterocycles. The molecule has 0 unspecified atom stereocenters. The van der Waals surface area contributed by atoms with Gasteiger partial charge in [0.05, 0.1) is 19.7 Å². The van der Waals surface area contributed by atoms with Crippen LogP contribution < -0.4 is 4.74 Å². The first-order chi connectivity index (χ1) is 15.0. The van der Waals surface area contributed by atoms with E-state index in [1.54, 1.807) is 36.5 Å². The first-order valence-corrected chi connectivity index (χ1v) is 11.2. The van der Waals surface area contributed by atoms with E-state index < -0.39 is 10.0 Å². The molecule has 0 atom stereocenters. The molecule has 1 aliphatic rings. The first-order valence-electron chi connectivity index (χ1n) is 9.75. The van der Waals surface area contributed by atoms with E-state index in [1.165, 1.54) is 10.5 Å². The van der Waals surface area contributed by atoms with Crippen molar-refractivity contribution < 1.29 is 22.5 Å². The van der Waals surface area contributed by atoms with Gasteiger partial charge >= 0.3 is 0 Å².